The SMILES string of the molecule is O[C@H]1CCC[NH+](Cn2c3c(n(-c4ccccc4)c2=S)CCCC3)C1. The fraction of sp³-hybridized carbons (Fsp3) is 0.526. The molecule has 1 aliphatic carbocycles. The third-order valence-corrected chi connectivity index (χ3v) is 5.82. The van der Waals surface area contributed by atoms with Crippen molar-refractivity contribution in [3.8, 4) is 5.69 Å². The van der Waals surface area contributed by atoms with Gasteiger partial charge in [-0.15, -0.1) is 0 Å². The van der Waals surface area contributed by atoms with Crippen LogP contribution in [0.2, 0.25) is 0 Å². The van der Waals surface area contributed by atoms with Crippen molar-refractivity contribution in [1.82, 2.24) is 9.13 Å². The van der Waals surface area contributed by atoms with Gasteiger partial charge in [0.15, 0.2) is 11.4 Å². The summed E-state index contributed by atoms with van der Waals surface area (Å²) in [4.78, 5) is 1.45. The summed E-state index contributed by atoms with van der Waals surface area (Å²) in [5, 5.41) is 9.99. The number of imidazole rings is 1. The molecule has 5 heteroatoms. The topological polar surface area (TPSA) is 34.5 Å². The lowest BCUT2D eigenvalue weighted by Gasteiger charge is -2.28. The van der Waals surface area contributed by atoms with Crippen LogP contribution in [0.3, 0.4) is 0 Å². The summed E-state index contributed by atoms with van der Waals surface area (Å²) in [6.07, 6.45) is 6.61. The predicted molar refractivity (Wildman–Crippen MR) is 97.2 cm³/mol. The van der Waals surface area contributed by atoms with Gasteiger partial charge in [-0.1, -0.05) is 18.2 Å². The van der Waals surface area contributed by atoms with Crippen LogP contribution in [0.5, 0.6) is 0 Å². The first-order valence-corrected chi connectivity index (χ1v) is 9.55. The van der Waals surface area contributed by atoms with Gasteiger partial charge >= 0.3 is 0 Å². The van der Waals surface area contributed by atoms with E-state index in [-0.39, 0.29) is 6.10 Å². The van der Waals surface area contributed by atoms with Crippen LogP contribution in [0.15, 0.2) is 30.3 Å². The monoisotopic (exact) mass is 344 g/mol. The van der Waals surface area contributed by atoms with Gasteiger partial charge in [-0.3, -0.25) is 9.13 Å². The van der Waals surface area contributed by atoms with E-state index in [9.17, 15) is 5.11 Å². The van der Waals surface area contributed by atoms with Crippen LogP contribution in [0, 0.1) is 4.77 Å². The first kappa shape index (κ1) is 16.1. The molecule has 1 fully saturated rings. The average Bonchev–Trinajstić information content (AvgIpc) is 2.88. The number of benzene rings is 1. The number of nitrogens with zero attached hydrogens (tertiary/aromatic N) is 2. The minimum atomic E-state index is -0.157. The first-order chi connectivity index (χ1) is 11.7. The van der Waals surface area contributed by atoms with Crippen LogP contribution in [-0.4, -0.2) is 33.4 Å². The van der Waals surface area contributed by atoms with Crippen LogP contribution in [0.25, 0.3) is 5.69 Å². The van der Waals surface area contributed by atoms with E-state index in [1.807, 2.05) is 0 Å². The second-order valence-corrected chi connectivity index (χ2v) is 7.51. The predicted octanol–water partition coefficient (Wildman–Crippen LogP) is 1.88. The average molecular weight is 345 g/mol. The molecule has 2 aliphatic rings. The van der Waals surface area contributed by atoms with Gasteiger partial charge < -0.3 is 10.0 Å². The Morgan fingerprint density at radius 2 is 1.83 bits per heavy atom. The number of piperidine rings is 1. The van der Waals surface area contributed by atoms with Crippen molar-refractivity contribution in [1.29, 1.82) is 0 Å². The van der Waals surface area contributed by atoms with E-state index in [2.05, 4.69) is 39.5 Å². The number of quaternary nitrogens is 1. The number of aliphatic hydroxyl groups excluding tert-OH is 1. The Morgan fingerprint density at radius 1 is 1.08 bits per heavy atom. The van der Waals surface area contributed by atoms with E-state index in [0.717, 1.165) is 50.2 Å². The molecule has 1 aliphatic heterocycles. The molecule has 0 saturated carbocycles. The molecule has 1 aromatic carbocycles. The highest BCUT2D eigenvalue weighted by Gasteiger charge is 2.26. The molecule has 2 N–H and O–H groups in total. The summed E-state index contributed by atoms with van der Waals surface area (Å²) < 4.78 is 5.55. The molecular weight excluding hydrogens is 318 g/mol. The summed E-state index contributed by atoms with van der Waals surface area (Å²) in [5.74, 6) is 0. The minimum absolute atomic E-state index is 0.157. The van der Waals surface area contributed by atoms with Gasteiger partial charge in [0.05, 0.1) is 6.54 Å². The van der Waals surface area contributed by atoms with Crippen molar-refractivity contribution in [2.75, 3.05) is 13.1 Å². The van der Waals surface area contributed by atoms with E-state index in [1.165, 1.54) is 34.8 Å². The van der Waals surface area contributed by atoms with Crippen LogP contribution >= 0.6 is 12.2 Å². The third kappa shape index (κ3) is 2.96. The van der Waals surface area contributed by atoms with Crippen LogP contribution in [-0.2, 0) is 19.5 Å². The number of fused-ring (bicyclic) bond motifs is 1. The molecule has 2 heterocycles. The molecule has 128 valence electrons. The molecule has 1 saturated heterocycles. The second kappa shape index (κ2) is 6.82. The summed E-state index contributed by atoms with van der Waals surface area (Å²) in [7, 11) is 0. The second-order valence-electron chi connectivity index (χ2n) is 7.14. The lowest BCUT2D eigenvalue weighted by molar-refractivity contribution is -0.930. The van der Waals surface area contributed by atoms with Gasteiger partial charge in [-0.25, -0.2) is 0 Å². The van der Waals surface area contributed by atoms with Crippen LogP contribution < -0.4 is 4.90 Å². The van der Waals surface area contributed by atoms with E-state index in [1.54, 1.807) is 0 Å². The number of nitrogens with one attached hydrogen (secondary N) is 1. The molecule has 4 rings (SSSR count). The van der Waals surface area contributed by atoms with Gasteiger partial charge in [0.1, 0.15) is 12.6 Å². The van der Waals surface area contributed by atoms with Gasteiger partial charge in [0.25, 0.3) is 0 Å². The Balaban J connectivity index is 1.74. The van der Waals surface area contributed by atoms with Crippen molar-refractivity contribution >= 4 is 12.2 Å². The number of aromatic nitrogens is 2. The highest BCUT2D eigenvalue weighted by Crippen LogP contribution is 2.26. The standard InChI is InChI=1S/C19H25N3OS/c23-16-9-6-12-20(13-16)14-21-17-10-4-5-11-18(17)22(19(21)24)15-7-2-1-3-8-15/h1-3,7-8,16,23H,4-6,9-14H2/p+1/t16-/m0/s1. The summed E-state index contributed by atoms with van der Waals surface area (Å²) in [6.45, 7) is 2.86. The molecule has 0 bridgehead atoms. The van der Waals surface area contributed by atoms with Gasteiger partial charge in [0.2, 0.25) is 0 Å². The fourth-order valence-electron chi connectivity index (χ4n) is 4.26. The maximum absolute atomic E-state index is 9.99. The van der Waals surface area contributed by atoms with E-state index < -0.39 is 0 Å². The fourth-order valence-corrected chi connectivity index (χ4v) is 4.65. The Kier molecular flexibility index (Phi) is 4.57. The molecule has 1 aromatic heterocycles. The first-order valence-electron chi connectivity index (χ1n) is 9.14. The van der Waals surface area contributed by atoms with Crippen LogP contribution in [0.4, 0.5) is 0 Å². The lowest BCUT2D eigenvalue weighted by atomic mass is 10.0. The molecule has 0 radical (unpaired) electrons. The number of hydrogen-bond donors (Lipinski definition) is 2. The molecule has 24 heavy (non-hydrogen) atoms. The maximum atomic E-state index is 9.99. The van der Waals surface area contributed by atoms with E-state index in [4.69, 9.17) is 12.2 Å². The van der Waals surface area contributed by atoms with Crippen molar-refractivity contribution in [2.24, 2.45) is 0 Å². The summed E-state index contributed by atoms with van der Waals surface area (Å²) in [5.41, 5.74) is 3.99. The zero-order valence-electron chi connectivity index (χ0n) is 14.1. The van der Waals surface area contributed by atoms with Crippen LogP contribution in [0.1, 0.15) is 37.1 Å². The zero-order valence-corrected chi connectivity index (χ0v) is 14.9. The van der Waals surface area contributed by atoms with Gasteiger partial charge in [0, 0.05) is 17.1 Å². The Labute approximate surface area is 148 Å². The smallest absolute Gasteiger partial charge is 0.189 e. The normalized spacial score (nSPS) is 23.9. The number of rotatable bonds is 3. The van der Waals surface area contributed by atoms with Crippen molar-refractivity contribution in [2.45, 2.75) is 51.3 Å². The molecule has 0 spiro atoms. The molecule has 4 nitrogen and oxygen atoms in total. The zero-order chi connectivity index (χ0) is 16.5. The van der Waals surface area contributed by atoms with Crippen molar-refractivity contribution in [3.05, 3.63) is 46.5 Å². The molecule has 0 amide bonds. The van der Waals surface area contributed by atoms with Gasteiger partial charge in [-0.2, -0.15) is 0 Å². The molecule has 1 unspecified atom stereocenters. The van der Waals surface area contributed by atoms with E-state index >= 15 is 0 Å². The highest BCUT2D eigenvalue weighted by molar-refractivity contribution is 7.71. The van der Waals surface area contributed by atoms with Crippen molar-refractivity contribution in [3.63, 3.8) is 0 Å². The summed E-state index contributed by atoms with van der Waals surface area (Å²) in [6, 6.07) is 10.5. The Bertz CT molecular complexity index is 765. The number of aliphatic hydroxyl groups is 1. The quantitative estimate of drug-likeness (QED) is 0.834. The molecular formula is C19H26N3OS+. The minimum Gasteiger partial charge on any atom is -0.387 e. The lowest BCUT2D eigenvalue weighted by Crippen LogP contribution is -3.13. The third-order valence-electron chi connectivity index (χ3n) is 5.42. The Morgan fingerprint density at radius 3 is 2.58 bits per heavy atom. The molecule has 2 atom stereocenters. The number of para-hydroxylation sites is 1. The van der Waals surface area contributed by atoms with Gasteiger partial charge in [-0.05, 0) is 62.9 Å². The summed E-state index contributed by atoms with van der Waals surface area (Å²) >= 11 is 5.89. The maximum Gasteiger partial charge on any atom is 0.189 e. The number of likely N-dealkylation sites (tertiary alicyclic amines) is 1. The highest BCUT2D eigenvalue weighted by atomic mass is 32.1. The van der Waals surface area contributed by atoms with E-state index in [0.29, 0.717) is 0 Å². The van der Waals surface area contributed by atoms with Crippen molar-refractivity contribution < 1.29 is 10.0 Å². The Hall–Kier alpha value is -1.43. The molecule has 2 aromatic rings. The largest absolute Gasteiger partial charge is 0.387 e. The number of hydrogen-bond acceptors (Lipinski definition) is 2.